The fraction of sp³-hybridized carbons (Fsp3) is 0.500. The van der Waals surface area contributed by atoms with Gasteiger partial charge in [0.05, 0.1) is 5.16 Å². The highest BCUT2D eigenvalue weighted by molar-refractivity contribution is 7.53. The lowest BCUT2D eigenvalue weighted by Crippen LogP contribution is -2.26. The molecule has 0 saturated heterocycles. The van der Waals surface area contributed by atoms with Crippen LogP contribution in [0.5, 0.6) is 0 Å². The zero-order valence-corrected chi connectivity index (χ0v) is 12.7. The normalized spacial score (nSPS) is 12.5. The van der Waals surface area contributed by atoms with Crippen molar-refractivity contribution in [3.8, 4) is 0 Å². The average molecular weight is 284 g/mol. The maximum Gasteiger partial charge on any atom is 0.335 e. The van der Waals surface area contributed by atoms with Gasteiger partial charge in [0, 0.05) is 5.56 Å². The second kappa shape index (κ2) is 5.58. The highest BCUT2D eigenvalue weighted by Gasteiger charge is 2.46. The lowest BCUT2D eigenvalue weighted by atomic mass is 9.87. The summed E-state index contributed by atoms with van der Waals surface area (Å²) >= 11 is 0. The summed E-state index contributed by atoms with van der Waals surface area (Å²) in [5, 5.41) is -1.16. The molecule has 5 heteroatoms. The Morgan fingerprint density at radius 3 is 2.05 bits per heavy atom. The highest BCUT2D eigenvalue weighted by atomic mass is 31.2. The third-order valence-corrected chi connectivity index (χ3v) is 5.96. The van der Waals surface area contributed by atoms with E-state index < -0.39 is 12.8 Å². The standard InChI is InChI=1S/C14H21O4P/c1-5-14(6-2,19(16,17)18)13-8-10(3)12(9-15)7-11(13)4/h7-9H,5-6H2,1-4H3,(H2,16,17,18). The molecule has 0 amide bonds. The summed E-state index contributed by atoms with van der Waals surface area (Å²) in [4.78, 5) is 30.5. The molecule has 0 heterocycles. The topological polar surface area (TPSA) is 74.6 Å². The Labute approximate surface area is 114 Å². The van der Waals surface area contributed by atoms with Gasteiger partial charge in [0.15, 0.2) is 0 Å². The van der Waals surface area contributed by atoms with Crippen molar-refractivity contribution >= 4 is 13.9 Å². The number of carbonyl (C=O) groups excluding carboxylic acids is 1. The first kappa shape index (κ1) is 16.1. The minimum atomic E-state index is -4.29. The van der Waals surface area contributed by atoms with Gasteiger partial charge in [0.2, 0.25) is 0 Å². The first-order chi connectivity index (χ1) is 8.73. The van der Waals surface area contributed by atoms with Crippen LogP contribution in [0.2, 0.25) is 0 Å². The van der Waals surface area contributed by atoms with E-state index in [1.165, 1.54) is 0 Å². The zero-order valence-electron chi connectivity index (χ0n) is 11.8. The van der Waals surface area contributed by atoms with Crippen molar-refractivity contribution in [2.75, 3.05) is 0 Å². The first-order valence-corrected chi connectivity index (χ1v) is 7.97. The van der Waals surface area contributed by atoms with Crippen LogP contribution in [0.3, 0.4) is 0 Å². The van der Waals surface area contributed by atoms with Crippen LogP contribution in [0, 0.1) is 13.8 Å². The summed E-state index contributed by atoms with van der Waals surface area (Å²) in [5.74, 6) is 0. The van der Waals surface area contributed by atoms with Gasteiger partial charge < -0.3 is 9.79 Å². The predicted octanol–water partition coefficient (Wildman–Crippen LogP) is 3.31. The molecular formula is C14H21O4P. The third-order valence-electron chi connectivity index (χ3n) is 3.97. The molecule has 0 bridgehead atoms. The second-order valence-corrected chi connectivity index (χ2v) is 6.87. The van der Waals surface area contributed by atoms with Crippen LogP contribution in [0.25, 0.3) is 0 Å². The molecule has 0 unspecified atom stereocenters. The number of carbonyl (C=O) groups is 1. The fourth-order valence-electron chi connectivity index (χ4n) is 2.67. The van der Waals surface area contributed by atoms with Gasteiger partial charge in [-0.05, 0) is 49.4 Å². The number of rotatable bonds is 5. The van der Waals surface area contributed by atoms with E-state index in [0.29, 0.717) is 24.0 Å². The quantitative estimate of drug-likeness (QED) is 0.642. The van der Waals surface area contributed by atoms with E-state index in [1.54, 1.807) is 39.8 Å². The minimum Gasteiger partial charge on any atom is -0.324 e. The molecule has 0 radical (unpaired) electrons. The molecule has 0 aliphatic rings. The van der Waals surface area contributed by atoms with Gasteiger partial charge in [-0.3, -0.25) is 9.36 Å². The minimum absolute atomic E-state index is 0.356. The lowest BCUT2D eigenvalue weighted by Gasteiger charge is -2.34. The molecule has 0 aliphatic heterocycles. The van der Waals surface area contributed by atoms with Crippen LogP contribution in [0.1, 0.15) is 53.7 Å². The van der Waals surface area contributed by atoms with E-state index in [4.69, 9.17) is 0 Å². The summed E-state index contributed by atoms with van der Waals surface area (Å²) in [7, 11) is -4.29. The van der Waals surface area contributed by atoms with Crippen molar-refractivity contribution in [2.24, 2.45) is 0 Å². The van der Waals surface area contributed by atoms with E-state index in [-0.39, 0.29) is 0 Å². The maximum absolute atomic E-state index is 12.0. The Bertz CT molecular complexity index is 526. The predicted molar refractivity (Wildman–Crippen MR) is 75.6 cm³/mol. The van der Waals surface area contributed by atoms with Crippen LogP contribution in [-0.2, 0) is 9.72 Å². The molecule has 0 aromatic heterocycles. The SMILES string of the molecule is CCC(CC)(c1cc(C)c(C=O)cc1C)P(=O)(O)O. The molecule has 1 aromatic carbocycles. The number of benzene rings is 1. The zero-order chi connectivity index (χ0) is 14.8. The van der Waals surface area contributed by atoms with Gasteiger partial charge in [0.1, 0.15) is 6.29 Å². The Morgan fingerprint density at radius 2 is 1.68 bits per heavy atom. The molecule has 0 fully saturated rings. The summed E-state index contributed by atoms with van der Waals surface area (Å²) in [6.07, 6.45) is 1.48. The van der Waals surface area contributed by atoms with Gasteiger partial charge in [-0.15, -0.1) is 0 Å². The molecule has 106 valence electrons. The van der Waals surface area contributed by atoms with Gasteiger partial charge in [0.25, 0.3) is 0 Å². The number of aryl methyl sites for hydroxylation is 2. The Kier molecular flexibility index (Phi) is 4.72. The summed E-state index contributed by atoms with van der Waals surface area (Å²) in [6, 6.07) is 3.44. The van der Waals surface area contributed by atoms with E-state index in [1.807, 2.05) is 0 Å². The lowest BCUT2D eigenvalue weighted by molar-refractivity contribution is 0.112. The van der Waals surface area contributed by atoms with Crippen LogP contribution >= 0.6 is 7.60 Å². The van der Waals surface area contributed by atoms with Gasteiger partial charge >= 0.3 is 7.60 Å². The number of hydrogen-bond donors (Lipinski definition) is 2. The third kappa shape index (κ3) is 2.66. The molecule has 19 heavy (non-hydrogen) atoms. The Morgan fingerprint density at radius 1 is 1.16 bits per heavy atom. The molecule has 0 aliphatic carbocycles. The van der Waals surface area contributed by atoms with Crippen molar-refractivity contribution in [1.29, 1.82) is 0 Å². The second-order valence-electron chi connectivity index (χ2n) is 4.92. The Hall–Kier alpha value is -0.960. The molecular weight excluding hydrogens is 263 g/mol. The van der Waals surface area contributed by atoms with Gasteiger partial charge in [-0.2, -0.15) is 0 Å². The van der Waals surface area contributed by atoms with Crippen molar-refractivity contribution < 1.29 is 19.1 Å². The van der Waals surface area contributed by atoms with E-state index >= 15 is 0 Å². The smallest absolute Gasteiger partial charge is 0.324 e. The molecule has 4 nitrogen and oxygen atoms in total. The summed E-state index contributed by atoms with van der Waals surface area (Å²) in [5.41, 5.74) is 2.71. The average Bonchev–Trinajstić information content (AvgIpc) is 2.33. The van der Waals surface area contributed by atoms with Crippen LogP contribution < -0.4 is 0 Å². The summed E-state index contributed by atoms with van der Waals surface area (Å²) < 4.78 is 12.0. The van der Waals surface area contributed by atoms with Gasteiger partial charge in [-0.25, -0.2) is 0 Å². The van der Waals surface area contributed by atoms with Crippen LogP contribution in [0.15, 0.2) is 12.1 Å². The molecule has 1 aromatic rings. The van der Waals surface area contributed by atoms with E-state index in [2.05, 4.69) is 0 Å². The number of hydrogen-bond acceptors (Lipinski definition) is 2. The molecule has 2 N–H and O–H groups in total. The monoisotopic (exact) mass is 284 g/mol. The van der Waals surface area contributed by atoms with Crippen molar-refractivity contribution in [3.63, 3.8) is 0 Å². The largest absolute Gasteiger partial charge is 0.335 e. The van der Waals surface area contributed by atoms with E-state index in [9.17, 15) is 19.1 Å². The first-order valence-electron chi connectivity index (χ1n) is 6.36. The van der Waals surface area contributed by atoms with Crippen LogP contribution in [-0.4, -0.2) is 16.1 Å². The fourth-order valence-corrected chi connectivity index (χ4v) is 4.05. The molecule has 0 spiro atoms. The van der Waals surface area contributed by atoms with Crippen molar-refractivity contribution in [3.05, 3.63) is 34.4 Å². The molecule has 0 saturated carbocycles. The van der Waals surface area contributed by atoms with Crippen molar-refractivity contribution in [1.82, 2.24) is 0 Å². The van der Waals surface area contributed by atoms with Gasteiger partial charge in [-0.1, -0.05) is 19.9 Å². The highest BCUT2D eigenvalue weighted by Crippen LogP contribution is 2.61. The Balaban J connectivity index is 3.62. The maximum atomic E-state index is 12.0. The molecule has 1 rings (SSSR count). The molecule has 0 atom stereocenters. The van der Waals surface area contributed by atoms with Crippen LogP contribution in [0.4, 0.5) is 0 Å². The summed E-state index contributed by atoms with van der Waals surface area (Å²) in [6.45, 7) is 7.13. The van der Waals surface area contributed by atoms with E-state index in [0.717, 1.165) is 17.4 Å². The van der Waals surface area contributed by atoms with Crippen molar-refractivity contribution in [2.45, 2.75) is 45.7 Å². The number of aldehydes is 1.